The predicted molar refractivity (Wildman–Crippen MR) is 157 cm³/mol. The summed E-state index contributed by atoms with van der Waals surface area (Å²) in [5, 5.41) is 11.5. The Morgan fingerprint density at radius 1 is 0.486 bits per heavy atom. The van der Waals surface area contributed by atoms with Crippen LogP contribution in [-0.4, -0.2) is 30.0 Å². The zero-order valence-electron chi connectivity index (χ0n) is 26.1. The van der Waals surface area contributed by atoms with Gasteiger partial charge in [0.2, 0.25) is 0 Å². The van der Waals surface area contributed by atoms with Gasteiger partial charge >= 0.3 is 51.4 Å². The van der Waals surface area contributed by atoms with Gasteiger partial charge in [0.15, 0.2) is 0 Å². The Morgan fingerprint density at radius 2 is 0.703 bits per heavy atom. The Hall–Kier alpha value is 1.07. The summed E-state index contributed by atoms with van der Waals surface area (Å²) in [6, 6.07) is -0.459. The molecule has 0 aliphatic rings. The smallest absolute Gasteiger partial charge is 0.548 e. The number of carbonyl (C=O) groups excluding carboxylic acids is 1. The molecule has 1 atom stereocenters. The number of carboxylic acids is 1. The van der Waals surface area contributed by atoms with Crippen LogP contribution in [-0.2, 0) is 4.79 Å². The van der Waals surface area contributed by atoms with Gasteiger partial charge in [-0.25, -0.2) is 0 Å². The molecule has 0 fully saturated rings. The van der Waals surface area contributed by atoms with Gasteiger partial charge in [0.1, 0.15) is 0 Å². The number of aliphatic carboxylic acids is 1. The maximum Gasteiger partial charge on any atom is 1.00 e. The van der Waals surface area contributed by atoms with Crippen LogP contribution in [0.25, 0.3) is 0 Å². The van der Waals surface area contributed by atoms with Crippen molar-refractivity contribution in [2.24, 2.45) is 0 Å². The topological polar surface area (TPSA) is 43.4 Å². The molecule has 0 aliphatic heterocycles. The van der Waals surface area contributed by atoms with Crippen molar-refractivity contribution in [1.82, 2.24) is 4.90 Å². The molecule has 0 aromatic carbocycles. The summed E-state index contributed by atoms with van der Waals surface area (Å²) in [7, 11) is 0. The van der Waals surface area contributed by atoms with Crippen LogP contribution >= 0.6 is 0 Å². The molecule has 0 amide bonds. The summed E-state index contributed by atoms with van der Waals surface area (Å²) < 4.78 is 0. The van der Waals surface area contributed by atoms with E-state index in [-0.39, 0.29) is 51.4 Å². The van der Waals surface area contributed by atoms with Crippen LogP contribution in [0.4, 0.5) is 0 Å². The fourth-order valence-electron chi connectivity index (χ4n) is 5.31. The minimum Gasteiger partial charge on any atom is -0.548 e. The van der Waals surface area contributed by atoms with Crippen LogP contribution in [0.3, 0.4) is 0 Å². The van der Waals surface area contributed by atoms with Gasteiger partial charge in [0.25, 0.3) is 0 Å². The van der Waals surface area contributed by atoms with Gasteiger partial charge in [-0.1, -0.05) is 168 Å². The van der Waals surface area contributed by atoms with E-state index in [1.807, 2.05) is 0 Å². The second-order valence-corrected chi connectivity index (χ2v) is 11.5. The van der Waals surface area contributed by atoms with E-state index in [1.165, 1.54) is 154 Å². The summed E-state index contributed by atoms with van der Waals surface area (Å²) in [5.41, 5.74) is 0. The summed E-state index contributed by atoms with van der Waals surface area (Å²) in [4.78, 5) is 13.6. The van der Waals surface area contributed by atoms with Crippen molar-refractivity contribution in [3.8, 4) is 0 Å². The summed E-state index contributed by atoms with van der Waals surface area (Å²) in [6.45, 7) is 8.18. The number of nitrogens with zero attached hydrogens (tertiary/aromatic N) is 1. The summed E-state index contributed by atoms with van der Waals surface area (Å²) in [5.74, 6) is -0.917. The van der Waals surface area contributed by atoms with Crippen LogP contribution < -0.4 is 56.5 Å². The number of unbranched alkanes of at least 4 members (excludes halogenated alkanes) is 24. The van der Waals surface area contributed by atoms with Crippen LogP contribution in [0, 0.1) is 0 Å². The van der Waals surface area contributed by atoms with Gasteiger partial charge in [-0.3, -0.25) is 4.90 Å². The second-order valence-electron chi connectivity index (χ2n) is 11.5. The first-order valence-corrected chi connectivity index (χ1v) is 16.6. The van der Waals surface area contributed by atoms with Crippen LogP contribution in [0.2, 0.25) is 0 Å². The van der Waals surface area contributed by atoms with E-state index in [0.29, 0.717) is 0 Å². The molecule has 0 spiro atoms. The predicted octanol–water partition coefficient (Wildman–Crippen LogP) is 6.61. The molecule has 0 rings (SSSR count). The van der Waals surface area contributed by atoms with Crippen LogP contribution in [0.15, 0.2) is 0 Å². The molecule has 1 unspecified atom stereocenters. The normalized spacial score (nSPS) is 12.1. The molecule has 0 heterocycles. The first-order chi connectivity index (χ1) is 17.6. The average Bonchev–Trinajstić information content (AvgIpc) is 2.87. The van der Waals surface area contributed by atoms with E-state index in [2.05, 4.69) is 18.7 Å². The van der Waals surface area contributed by atoms with Crippen molar-refractivity contribution < 1.29 is 61.3 Å². The van der Waals surface area contributed by atoms with Gasteiger partial charge in [-0.2, -0.15) is 0 Å². The molecule has 4 heteroatoms. The molecule has 0 radical (unpaired) electrons. The number of hydrogen-bond acceptors (Lipinski definition) is 3. The molecule has 0 N–H and O–H groups in total. The maximum absolute atomic E-state index is 11.5. The largest absolute Gasteiger partial charge is 1.00 e. The fraction of sp³-hybridized carbons (Fsp3) is 0.970. The Labute approximate surface area is 276 Å². The third-order valence-electron chi connectivity index (χ3n) is 7.99. The first kappa shape index (κ1) is 40.2. The third-order valence-corrected chi connectivity index (χ3v) is 7.99. The minimum atomic E-state index is -0.917. The van der Waals surface area contributed by atoms with Crippen molar-refractivity contribution in [2.45, 2.75) is 194 Å². The summed E-state index contributed by atoms with van der Waals surface area (Å²) in [6.07, 6.45) is 35.1. The van der Waals surface area contributed by atoms with Crippen LogP contribution in [0.5, 0.6) is 0 Å². The van der Waals surface area contributed by atoms with E-state index in [1.54, 1.807) is 6.92 Å². The second kappa shape index (κ2) is 33.3. The van der Waals surface area contributed by atoms with Gasteiger partial charge in [-0.05, 0) is 32.9 Å². The molecule has 0 saturated carbocycles. The number of hydrogen-bond donors (Lipinski definition) is 0. The van der Waals surface area contributed by atoms with Gasteiger partial charge < -0.3 is 9.90 Å². The molecule has 3 nitrogen and oxygen atoms in total. The van der Waals surface area contributed by atoms with E-state index in [4.69, 9.17) is 0 Å². The quantitative estimate of drug-likeness (QED) is 0.0750. The van der Waals surface area contributed by atoms with Crippen molar-refractivity contribution in [3.05, 3.63) is 0 Å². The molecule has 0 bridgehead atoms. The molecule has 216 valence electrons. The SMILES string of the molecule is CCCCCCCCCCCCCCCN(CCCCCCCCCCCCCCC)C(C)C(=O)[O-].[K+]. The third kappa shape index (κ3) is 29.9. The van der Waals surface area contributed by atoms with Crippen molar-refractivity contribution in [1.29, 1.82) is 0 Å². The zero-order valence-corrected chi connectivity index (χ0v) is 29.3. The molecular formula is C33H66KNO2. The number of carbonyl (C=O) groups is 1. The van der Waals surface area contributed by atoms with Gasteiger partial charge in [0.05, 0.1) is 5.97 Å². The molecule has 0 aromatic rings. The maximum atomic E-state index is 11.5. The Balaban J connectivity index is 0. The fourth-order valence-corrected chi connectivity index (χ4v) is 5.31. The van der Waals surface area contributed by atoms with E-state index >= 15 is 0 Å². The number of carboxylic acid groups (broad SMARTS) is 1. The Kier molecular flexibility index (Phi) is 36.2. The summed E-state index contributed by atoms with van der Waals surface area (Å²) >= 11 is 0. The molecule has 0 aliphatic carbocycles. The van der Waals surface area contributed by atoms with Crippen molar-refractivity contribution in [3.63, 3.8) is 0 Å². The van der Waals surface area contributed by atoms with Crippen molar-refractivity contribution in [2.75, 3.05) is 13.1 Å². The number of rotatable bonds is 30. The minimum absolute atomic E-state index is 0. The standard InChI is InChI=1S/C33H67NO2.K/c1-4-6-8-10-12-14-16-18-20-22-24-26-28-30-34(32(3)33(35)36)31-29-27-25-23-21-19-17-15-13-11-9-7-5-2;/h32H,4-31H2,1-3H3,(H,35,36);/q;+1/p-1. The van der Waals surface area contributed by atoms with Gasteiger partial charge in [0, 0.05) is 6.04 Å². The average molecular weight is 548 g/mol. The molecular weight excluding hydrogens is 481 g/mol. The molecule has 37 heavy (non-hydrogen) atoms. The molecule has 0 saturated heterocycles. The first-order valence-electron chi connectivity index (χ1n) is 16.6. The zero-order chi connectivity index (χ0) is 26.5. The molecule has 0 aromatic heterocycles. The van der Waals surface area contributed by atoms with Crippen molar-refractivity contribution >= 4 is 5.97 Å². The van der Waals surface area contributed by atoms with E-state index < -0.39 is 12.0 Å². The van der Waals surface area contributed by atoms with E-state index in [9.17, 15) is 9.90 Å². The van der Waals surface area contributed by atoms with E-state index in [0.717, 1.165) is 25.9 Å². The Bertz CT molecular complexity index is 416. The van der Waals surface area contributed by atoms with Gasteiger partial charge in [-0.15, -0.1) is 0 Å². The van der Waals surface area contributed by atoms with Crippen LogP contribution in [0.1, 0.15) is 188 Å². The Morgan fingerprint density at radius 3 is 0.919 bits per heavy atom. The monoisotopic (exact) mass is 547 g/mol.